The summed E-state index contributed by atoms with van der Waals surface area (Å²) in [5, 5.41) is 0.407. The van der Waals surface area contributed by atoms with Gasteiger partial charge in [0.2, 0.25) is 0 Å². The first-order chi connectivity index (χ1) is 15.5. The zero-order valence-corrected chi connectivity index (χ0v) is 20.1. The Kier molecular flexibility index (Phi) is 6.28. The van der Waals surface area contributed by atoms with Crippen molar-refractivity contribution >= 4 is 44.7 Å². The van der Waals surface area contributed by atoms with Crippen molar-refractivity contribution in [2.24, 2.45) is 10.7 Å². The summed E-state index contributed by atoms with van der Waals surface area (Å²) in [4.78, 5) is 21.2. The van der Waals surface area contributed by atoms with E-state index < -0.39 is 31.7 Å². The van der Waals surface area contributed by atoms with Crippen LogP contribution >= 0.6 is 23.2 Å². The predicted molar refractivity (Wildman–Crippen MR) is 124 cm³/mol. The van der Waals surface area contributed by atoms with E-state index in [1.807, 2.05) is 0 Å². The van der Waals surface area contributed by atoms with Crippen LogP contribution in [-0.4, -0.2) is 48.7 Å². The molecule has 4 rings (SSSR count). The third-order valence-corrected chi connectivity index (χ3v) is 9.49. The molecular weight excluding hydrogens is 492 g/mol. The van der Waals surface area contributed by atoms with Gasteiger partial charge in [-0.3, -0.25) is 9.79 Å². The number of aliphatic imine (C=N–C) groups is 1. The molecule has 2 aromatic rings. The molecular formula is C22H22Cl2FN3O4S. The molecule has 1 atom stereocenters. The van der Waals surface area contributed by atoms with Crippen LogP contribution in [0.3, 0.4) is 0 Å². The molecule has 1 aromatic carbocycles. The van der Waals surface area contributed by atoms with E-state index in [1.54, 1.807) is 0 Å². The number of hydrogen-bond donors (Lipinski definition) is 1. The van der Waals surface area contributed by atoms with Crippen LogP contribution in [0.2, 0.25) is 10.0 Å². The number of Topliss-reactive ketones (excluding diaryl/α,β-unsaturated/α-hetero) is 1. The molecule has 0 amide bonds. The van der Waals surface area contributed by atoms with Crippen molar-refractivity contribution < 1.29 is 22.3 Å². The maximum absolute atomic E-state index is 14.9. The van der Waals surface area contributed by atoms with Gasteiger partial charge < -0.3 is 10.5 Å². The van der Waals surface area contributed by atoms with Gasteiger partial charge in [-0.2, -0.15) is 0 Å². The Balaban J connectivity index is 1.70. The van der Waals surface area contributed by atoms with E-state index in [9.17, 15) is 17.6 Å². The van der Waals surface area contributed by atoms with E-state index >= 15 is 0 Å². The lowest BCUT2D eigenvalue weighted by molar-refractivity contribution is 0.0875. The first kappa shape index (κ1) is 24.1. The zero-order valence-electron chi connectivity index (χ0n) is 17.8. The second-order valence-corrected chi connectivity index (χ2v) is 11.7. The highest BCUT2D eigenvalue weighted by molar-refractivity contribution is 7.93. The normalized spacial score (nSPS) is 23.8. The molecule has 2 N–H and O–H groups in total. The first-order valence-electron chi connectivity index (χ1n) is 10.3. The molecule has 2 aliphatic heterocycles. The summed E-state index contributed by atoms with van der Waals surface area (Å²) in [6, 6.07) is 5.51. The molecule has 1 saturated heterocycles. The summed E-state index contributed by atoms with van der Waals surface area (Å²) in [5.74, 6) is -1.46. The summed E-state index contributed by atoms with van der Waals surface area (Å²) >= 11 is 11.9. The van der Waals surface area contributed by atoms with Gasteiger partial charge in [-0.05, 0) is 43.5 Å². The summed E-state index contributed by atoms with van der Waals surface area (Å²) in [7, 11) is -3.77. The van der Waals surface area contributed by atoms with Crippen LogP contribution in [0.1, 0.15) is 41.4 Å². The van der Waals surface area contributed by atoms with Crippen LogP contribution in [0.5, 0.6) is 0 Å². The van der Waals surface area contributed by atoms with Gasteiger partial charge in [-0.1, -0.05) is 29.3 Å². The topological polar surface area (TPSA) is 112 Å². The highest BCUT2D eigenvalue weighted by Crippen LogP contribution is 2.42. The number of hydrogen-bond acceptors (Lipinski definition) is 7. The van der Waals surface area contributed by atoms with Crippen molar-refractivity contribution in [2.75, 3.05) is 19.0 Å². The molecule has 0 bridgehead atoms. The quantitative estimate of drug-likeness (QED) is 0.626. The molecule has 0 radical (unpaired) electrons. The molecule has 176 valence electrons. The van der Waals surface area contributed by atoms with Crippen molar-refractivity contribution in [1.82, 2.24) is 4.98 Å². The average molecular weight is 514 g/mol. The lowest BCUT2D eigenvalue weighted by atomic mass is 9.89. The minimum absolute atomic E-state index is 0.0300. The highest BCUT2D eigenvalue weighted by atomic mass is 35.5. The summed E-state index contributed by atoms with van der Waals surface area (Å²) in [5.41, 5.74) is 5.33. The Morgan fingerprint density at radius 2 is 1.94 bits per heavy atom. The smallest absolute Gasteiger partial charge is 0.187 e. The number of ketones is 1. The van der Waals surface area contributed by atoms with Crippen molar-refractivity contribution in [1.29, 1.82) is 0 Å². The third kappa shape index (κ3) is 4.27. The van der Waals surface area contributed by atoms with Gasteiger partial charge in [0.25, 0.3) is 0 Å². The largest absolute Gasteiger partial charge is 0.386 e. The Labute approximate surface area is 201 Å². The number of nitrogens with two attached hydrogens (primary N) is 1. The number of amidine groups is 1. The van der Waals surface area contributed by atoms with E-state index in [0.29, 0.717) is 10.6 Å². The van der Waals surface area contributed by atoms with Crippen LogP contribution in [0, 0.1) is 5.82 Å². The van der Waals surface area contributed by atoms with Crippen molar-refractivity contribution in [2.45, 2.75) is 36.5 Å². The molecule has 1 spiro atoms. The van der Waals surface area contributed by atoms with Crippen molar-refractivity contribution in [3.8, 4) is 0 Å². The molecule has 0 aliphatic carbocycles. The fourth-order valence-electron chi connectivity index (χ4n) is 4.46. The van der Waals surface area contributed by atoms with Gasteiger partial charge in [0.05, 0.1) is 15.8 Å². The molecule has 2 aliphatic rings. The fraction of sp³-hybridized carbons (Fsp3) is 0.409. The van der Waals surface area contributed by atoms with Crippen LogP contribution < -0.4 is 5.73 Å². The molecule has 1 fully saturated rings. The predicted octanol–water partition coefficient (Wildman–Crippen LogP) is 3.50. The molecule has 3 heterocycles. The summed E-state index contributed by atoms with van der Waals surface area (Å²) in [6.45, 7) is 2.06. The molecule has 0 saturated carbocycles. The van der Waals surface area contributed by atoms with Crippen molar-refractivity contribution in [3.63, 3.8) is 0 Å². The molecule has 11 heteroatoms. The number of nitrogens with zero attached hydrogens (tertiary/aromatic N) is 2. The van der Waals surface area contributed by atoms with Gasteiger partial charge in [0, 0.05) is 31.4 Å². The van der Waals surface area contributed by atoms with Crippen LogP contribution in [0.15, 0.2) is 35.5 Å². The molecule has 7 nitrogen and oxygen atoms in total. The van der Waals surface area contributed by atoms with Gasteiger partial charge >= 0.3 is 0 Å². The zero-order chi connectivity index (χ0) is 24.0. The van der Waals surface area contributed by atoms with Crippen LogP contribution in [0.4, 0.5) is 4.39 Å². The summed E-state index contributed by atoms with van der Waals surface area (Å²) < 4.78 is 45.7. The van der Waals surface area contributed by atoms with Gasteiger partial charge in [-0.15, -0.1) is 0 Å². The van der Waals surface area contributed by atoms with Crippen molar-refractivity contribution in [3.05, 3.63) is 63.1 Å². The third-order valence-electron chi connectivity index (χ3n) is 6.25. The molecule has 0 unspecified atom stereocenters. The number of rotatable bonds is 4. The summed E-state index contributed by atoms with van der Waals surface area (Å²) in [6.07, 6.45) is 1.62. The fourth-order valence-corrected chi connectivity index (χ4v) is 7.33. The SMILES string of the molecule is C[C@@]1(c2cc(CC(=O)c3ncc(Cl)cc3Cl)ccc2F)CS(=O)(=O)C2(CCOCC2)C(N)=N1. The second-order valence-electron chi connectivity index (χ2n) is 8.53. The first-order valence-corrected chi connectivity index (χ1v) is 12.7. The minimum atomic E-state index is -3.77. The highest BCUT2D eigenvalue weighted by Gasteiger charge is 2.55. The average Bonchev–Trinajstić information content (AvgIpc) is 2.74. The number of carbonyl (C=O) groups excluding carboxylic acids is 1. The minimum Gasteiger partial charge on any atom is -0.386 e. The van der Waals surface area contributed by atoms with Gasteiger partial charge in [0.1, 0.15) is 27.6 Å². The van der Waals surface area contributed by atoms with E-state index in [1.165, 1.54) is 37.4 Å². The van der Waals surface area contributed by atoms with Crippen LogP contribution in [-0.2, 0) is 26.5 Å². The lowest BCUT2D eigenvalue weighted by Crippen LogP contribution is -2.60. The standard InChI is InChI=1S/C22H22Cl2FN3O4S/c1-21(12-33(30,31)22(20(26)28-21)4-6-32-7-5-22)15-8-13(2-3-17(15)25)9-18(29)19-16(24)10-14(23)11-27-19/h2-3,8,10-11H,4-7,9,12H2,1H3,(H2,26,28)/t21-/m0/s1. The number of benzene rings is 1. The van der Waals surface area contributed by atoms with E-state index in [2.05, 4.69) is 9.98 Å². The maximum atomic E-state index is 14.9. The number of aromatic nitrogens is 1. The monoisotopic (exact) mass is 513 g/mol. The Morgan fingerprint density at radius 1 is 1.24 bits per heavy atom. The maximum Gasteiger partial charge on any atom is 0.187 e. The Morgan fingerprint density at radius 3 is 2.58 bits per heavy atom. The number of halogens is 3. The van der Waals surface area contributed by atoms with E-state index in [-0.39, 0.29) is 60.4 Å². The Bertz CT molecular complexity index is 1260. The van der Waals surface area contributed by atoms with Crippen LogP contribution in [0.25, 0.3) is 0 Å². The van der Waals surface area contributed by atoms with Gasteiger partial charge in [0.15, 0.2) is 15.6 Å². The number of pyridine rings is 1. The second kappa shape index (κ2) is 8.61. The number of sulfone groups is 1. The van der Waals surface area contributed by atoms with E-state index in [4.69, 9.17) is 33.7 Å². The molecule has 1 aromatic heterocycles. The lowest BCUT2D eigenvalue weighted by Gasteiger charge is -2.43. The number of carbonyl (C=O) groups is 1. The Hall–Kier alpha value is -2.07. The van der Waals surface area contributed by atoms with E-state index in [0.717, 1.165) is 0 Å². The molecule has 33 heavy (non-hydrogen) atoms. The van der Waals surface area contributed by atoms with Gasteiger partial charge in [-0.25, -0.2) is 17.8 Å². The number of ether oxygens (including phenoxy) is 1.